The monoisotopic (exact) mass is 240 g/mol. The molecule has 16 heavy (non-hydrogen) atoms. The summed E-state index contributed by atoms with van der Waals surface area (Å²) < 4.78 is 61.6. The van der Waals surface area contributed by atoms with Crippen LogP contribution in [0.5, 0.6) is 0 Å². The average molecular weight is 240 g/mol. The number of aliphatic hydroxyl groups is 1. The van der Waals surface area contributed by atoms with Gasteiger partial charge in [0.1, 0.15) is 11.6 Å². The molecule has 1 N–H and O–H groups in total. The molecule has 0 fully saturated rings. The van der Waals surface area contributed by atoms with Crippen LogP contribution in [0.1, 0.15) is 12.0 Å². The summed E-state index contributed by atoms with van der Waals surface area (Å²) in [7, 11) is 0. The molecule has 0 bridgehead atoms. The van der Waals surface area contributed by atoms with E-state index in [4.69, 9.17) is 5.11 Å². The second-order valence-electron chi connectivity index (χ2n) is 3.38. The fraction of sp³-hybridized carbons (Fsp3) is 0.400. The molecule has 1 atom stereocenters. The molecule has 0 aromatic heterocycles. The van der Waals surface area contributed by atoms with Gasteiger partial charge in [-0.2, -0.15) is 13.2 Å². The number of benzene rings is 1. The molecule has 0 spiro atoms. The van der Waals surface area contributed by atoms with Crippen LogP contribution < -0.4 is 0 Å². The van der Waals surface area contributed by atoms with Crippen molar-refractivity contribution in [3.8, 4) is 0 Å². The third kappa shape index (κ3) is 3.77. The van der Waals surface area contributed by atoms with Crippen LogP contribution in [0.2, 0.25) is 0 Å². The van der Waals surface area contributed by atoms with Gasteiger partial charge in [-0.05, 0) is 12.1 Å². The van der Waals surface area contributed by atoms with Gasteiger partial charge in [0, 0.05) is 12.0 Å². The number of halogens is 5. The van der Waals surface area contributed by atoms with Crippen molar-refractivity contribution >= 4 is 0 Å². The minimum atomic E-state index is -4.55. The maximum atomic E-state index is 13.0. The highest BCUT2D eigenvalue weighted by Gasteiger charge is 2.31. The van der Waals surface area contributed by atoms with E-state index < -0.39 is 42.3 Å². The Kier molecular flexibility index (Phi) is 3.85. The van der Waals surface area contributed by atoms with Crippen molar-refractivity contribution in [2.45, 2.75) is 25.1 Å². The molecule has 0 saturated carbocycles. The number of rotatable bonds is 3. The van der Waals surface area contributed by atoms with E-state index in [2.05, 4.69) is 0 Å². The van der Waals surface area contributed by atoms with E-state index >= 15 is 0 Å². The molecule has 0 aliphatic rings. The summed E-state index contributed by atoms with van der Waals surface area (Å²) in [6.45, 7) is 0. The van der Waals surface area contributed by atoms with Gasteiger partial charge in [-0.25, -0.2) is 8.78 Å². The first-order chi connectivity index (χ1) is 7.29. The van der Waals surface area contributed by atoms with Gasteiger partial charge in [-0.1, -0.05) is 6.07 Å². The predicted molar refractivity (Wildman–Crippen MR) is 46.7 cm³/mol. The Balaban J connectivity index is 2.73. The third-order valence-electron chi connectivity index (χ3n) is 1.97. The summed E-state index contributed by atoms with van der Waals surface area (Å²) in [5.74, 6) is -1.91. The lowest BCUT2D eigenvalue weighted by molar-refractivity contribution is -0.153. The third-order valence-corrected chi connectivity index (χ3v) is 1.97. The molecule has 0 heterocycles. The normalized spacial score (nSPS) is 13.9. The van der Waals surface area contributed by atoms with E-state index in [1.165, 1.54) is 0 Å². The molecule has 1 nitrogen and oxygen atoms in total. The Labute approximate surface area is 88.5 Å². The number of aliphatic hydroxyl groups excluding tert-OH is 1. The predicted octanol–water partition coefficient (Wildman–Crippen LogP) is 2.82. The Morgan fingerprint density at radius 1 is 1.12 bits per heavy atom. The van der Waals surface area contributed by atoms with Crippen molar-refractivity contribution in [2.24, 2.45) is 0 Å². The fourth-order valence-corrected chi connectivity index (χ4v) is 1.30. The lowest BCUT2D eigenvalue weighted by Crippen LogP contribution is -2.22. The highest BCUT2D eigenvalue weighted by molar-refractivity contribution is 5.20. The van der Waals surface area contributed by atoms with Crippen LogP contribution in [0.3, 0.4) is 0 Å². The van der Waals surface area contributed by atoms with E-state index in [1.54, 1.807) is 0 Å². The Hall–Kier alpha value is -1.17. The molecular weight excluding hydrogens is 231 g/mol. The van der Waals surface area contributed by atoms with E-state index in [9.17, 15) is 22.0 Å². The van der Waals surface area contributed by atoms with E-state index in [1.807, 2.05) is 0 Å². The van der Waals surface area contributed by atoms with Gasteiger partial charge in [0.05, 0.1) is 12.5 Å². The van der Waals surface area contributed by atoms with E-state index in [0.29, 0.717) is 0 Å². The van der Waals surface area contributed by atoms with Gasteiger partial charge in [0.25, 0.3) is 0 Å². The van der Waals surface area contributed by atoms with Crippen LogP contribution in [0.4, 0.5) is 22.0 Å². The van der Waals surface area contributed by atoms with Crippen molar-refractivity contribution in [1.29, 1.82) is 0 Å². The lowest BCUT2D eigenvalue weighted by atomic mass is 10.0. The highest BCUT2D eigenvalue weighted by Crippen LogP contribution is 2.24. The minimum absolute atomic E-state index is 0.528. The van der Waals surface area contributed by atoms with Crippen molar-refractivity contribution in [3.05, 3.63) is 35.4 Å². The molecule has 0 saturated heterocycles. The molecule has 1 unspecified atom stereocenters. The molecule has 90 valence electrons. The van der Waals surface area contributed by atoms with Crippen LogP contribution in [-0.4, -0.2) is 17.4 Å². The van der Waals surface area contributed by atoms with Crippen molar-refractivity contribution in [1.82, 2.24) is 0 Å². The molecular formula is C10H9F5O. The largest absolute Gasteiger partial charge is 0.392 e. The zero-order valence-electron chi connectivity index (χ0n) is 8.06. The van der Waals surface area contributed by atoms with Crippen LogP contribution >= 0.6 is 0 Å². The molecule has 0 amide bonds. The zero-order valence-corrected chi connectivity index (χ0v) is 8.06. The van der Waals surface area contributed by atoms with Gasteiger partial charge in [-0.15, -0.1) is 0 Å². The molecule has 1 aromatic carbocycles. The van der Waals surface area contributed by atoms with E-state index in [0.717, 1.165) is 18.2 Å². The summed E-state index contributed by atoms with van der Waals surface area (Å²) in [6.07, 6.45) is -8.58. The molecule has 1 rings (SSSR count). The quantitative estimate of drug-likeness (QED) is 0.805. The summed E-state index contributed by atoms with van der Waals surface area (Å²) in [4.78, 5) is 0. The van der Waals surface area contributed by atoms with Crippen molar-refractivity contribution < 1.29 is 27.1 Å². The Morgan fingerprint density at radius 2 is 1.62 bits per heavy atom. The van der Waals surface area contributed by atoms with Gasteiger partial charge in [0.2, 0.25) is 0 Å². The maximum absolute atomic E-state index is 13.0. The van der Waals surface area contributed by atoms with Crippen LogP contribution in [0.25, 0.3) is 0 Å². The summed E-state index contributed by atoms with van der Waals surface area (Å²) in [6, 6.07) is 2.96. The van der Waals surface area contributed by atoms with Crippen molar-refractivity contribution in [2.75, 3.05) is 0 Å². The first-order valence-corrected chi connectivity index (χ1v) is 4.47. The molecule has 1 aromatic rings. The summed E-state index contributed by atoms with van der Waals surface area (Å²) in [5, 5.41) is 9.03. The van der Waals surface area contributed by atoms with Gasteiger partial charge >= 0.3 is 6.18 Å². The van der Waals surface area contributed by atoms with Crippen LogP contribution in [0, 0.1) is 11.6 Å². The first-order valence-electron chi connectivity index (χ1n) is 4.47. The van der Waals surface area contributed by atoms with Crippen LogP contribution in [0.15, 0.2) is 18.2 Å². The standard InChI is InChI=1S/C10H9F5O/c11-8-2-1-3-9(12)7(8)4-6(16)5-10(13,14)15/h1-3,6,16H,4-5H2. The average Bonchev–Trinajstić information content (AvgIpc) is 2.08. The number of hydrogen-bond donors (Lipinski definition) is 1. The molecule has 0 aliphatic heterocycles. The molecule has 0 aliphatic carbocycles. The van der Waals surface area contributed by atoms with Crippen molar-refractivity contribution in [3.63, 3.8) is 0 Å². The van der Waals surface area contributed by atoms with Gasteiger partial charge in [0.15, 0.2) is 0 Å². The topological polar surface area (TPSA) is 20.2 Å². The molecule has 6 heteroatoms. The fourth-order valence-electron chi connectivity index (χ4n) is 1.30. The Bertz CT molecular complexity index is 340. The second kappa shape index (κ2) is 4.78. The lowest BCUT2D eigenvalue weighted by Gasteiger charge is -2.13. The van der Waals surface area contributed by atoms with E-state index in [-0.39, 0.29) is 0 Å². The SMILES string of the molecule is OC(Cc1c(F)cccc1F)CC(F)(F)F. The van der Waals surface area contributed by atoms with Gasteiger partial charge < -0.3 is 5.11 Å². The van der Waals surface area contributed by atoms with Gasteiger partial charge in [-0.3, -0.25) is 0 Å². The van der Waals surface area contributed by atoms with Crippen LogP contribution in [-0.2, 0) is 6.42 Å². The smallest absolute Gasteiger partial charge is 0.391 e. The highest BCUT2D eigenvalue weighted by atomic mass is 19.4. The zero-order chi connectivity index (χ0) is 12.3. The Morgan fingerprint density at radius 3 is 2.06 bits per heavy atom. The molecule has 0 radical (unpaired) electrons. The first kappa shape index (κ1) is 12.9. The minimum Gasteiger partial charge on any atom is -0.392 e. The number of alkyl halides is 3. The maximum Gasteiger partial charge on any atom is 0.391 e. The summed E-state index contributed by atoms with van der Waals surface area (Å²) >= 11 is 0. The second-order valence-corrected chi connectivity index (χ2v) is 3.38. The number of hydrogen-bond acceptors (Lipinski definition) is 1. The summed E-state index contributed by atoms with van der Waals surface area (Å²) in [5.41, 5.74) is -0.528.